The van der Waals surface area contributed by atoms with Gasteiger partial charge in [-0.15, -0.1) is 0 Å². The number of nitrogens with one attached hydrogen (secondary N) is 1. The molecule has 3 N–H and O–H groups in total. The van der Waals surface area contributed by atoms with Gasteiger partial charge in [-0.25, -0.2) is 9.67 Å². The maximum atomic E-state index is 7.40. The van der Waals surface area contributed by atoms with Crippen LogP contribution in [0.25, 0.3) is 0 Å². The lowest BCUT2D eigenvalue weighted by molar-refractivity contribution is 0.636. The number of hydrogen-bond acceptors (Lipinski definition) is 4. The van der Waals surface area contributed by atoms with Crippen LogP contribution in [0.2, 0.25) is 0 Å². The summed E-state index contributed by atoms with van der Waals surface area (Å²) in [6.45, 7) is 4.73. The van der Waals surface area contributed by atoms with Crippen molar-refractivity contribution < 1.29 is 0 Å². The molecule has 100 valence electrons. The Morgan fingerprint density at radius 2 is 2.16 bits per heavy atom. The van der Waals surface area contributed by atoms with Crippen LogP contribution in [0.1, 0.15) is 36.8 Å². The molecule has 2 rings (SSSR count). The number of hydrogen-bond donors (Lipinski definition) is 2. The lowest BCUT2D eigenvalue weighted by Crippen LogP contribution is -2.14. The molecule has 0 unspecified atom stereocenters. The van der Waals surface area contributed by atoms with Crippen LogP contribution < -0.4 is 5.73 Å². The van der Waals surface area contributed by atoms with Gasteiger partial charge in [-0.1, -0.05) is 13.8 Å². The van der Waals surface area contributed by atoms with Crippen LogP contribution in [-0.4, -0.2) is 25.6 Å². The third kappa shape index (κ3) is 2.96. The molecule has 0 aromatic carbocycles. The van der Waals surface area contributed by atoms with E-state index in [0.29, 0.717) is 12.2 Å². The van der Waals surface area contributed by atoms with Crippen molar-refractivity contribution in [1.82, 2.24) is 19.7 Å². The summed E-state index contributed by atoms with van der Waals surface area (Å²) in [4.78, 5) is 8.52. The quantitative estimate of drug-likeness (QED) is 0.621. The van der Waals surface area contributed by atoms with Crippen molar-refractivity contribution in [3.63, 3.8) is 0 Å². The van der Waals surface area contributed by atoms with Gasteiger partial charge in [-0.05, 0) is 17.7 Å². The van der Waals surface area contributed by atoms with Gasteiger partial charge in [0.05, 0.1) is 6.54 Å². The van der Waals surface area contributed by atoms with E-state index in [9.17, 15) is 0 Å². The molecule has 0 saturated carbocycles. The normalized spacial score (nSPS) is 10.6. The summed E-state index contributed by atoms with van der Waals surface area (Å²) in [5.74, 6) is 1.81. The van der Waals surface area contributed by atoms with Gasteiger partial charge >= 0.3 is 0 Å². The van der Waals surface area contributed by atoms with Crippen LogP contribution in [-0.2, 0) is 19.4 Å². The zero-order chi connectivity index (χ0) is 13.8. The van der Waals surface area contributed by atoms with Gasteiger partial charge in [-0.2, -0.15) is 5.10 Å². The molecule has 2 aromatic rings. The van der Waals surface area contributed by atoms with E-state index in [1.807, 2.05) is 23.7 Å². The molecule has 0 saturated heterocycles. The molecule has 0 spiro atoms. The first-order chi connectivity index (χ1) is 9.13. The largest absolute Gasteiger partial charge is 0.382 e. The van der Waals surface area contributed by atoms with Gasteiger partial charge in [0.15, 0.2) is 5.82 Å². The van der Waals surface area contributed by atoms with Crippen molar-refractivity contribution in [2.24, 2.45) is 5.73 Å². The molecule has 6 nitrogen and oxygen atoms in total. The minimum Gasteiger partial charge on any atom is -0.382 e. The molecule has 2 aromatic heterocycles. The Kier molecular flexibility index (Phi) is 3.89. The van der Waals surface area contributed by atoms with Gasteiger partial charge in [0.2, 0.25) is 0 Å². The number of nitrogens with zero attached hydrogens (tertiary/aromatic N) is 4. The van der Waals surface area contributed by atoms with Gasteiger partial charge < -0.3 is 5.73 Å². The molecule has 19 heavy (non-hydrogen) atoms. The highest BCUT2D eigenvalue weighted by Crippen LogP contribution is 2.07. The Morgan fingerprint density at radius 3 is 2.79 bits per heavy atom. The second kappa shape index (κ2) is 5.60. The second-order valence-corrected chi connectivity index (χ2v) is 4.27. The minimum atomic E-state index is -0.0228. The number of amidine groups is 1. The van der Waals surface area contributed by atoms with Crippen LogP contribution in [0.3, 0.4) is 0 Å². The third-order valence-corrected chi connectivity index (χ3v) is 2.86. The topological polar surface area (TPSA) is 93.5 Å². The minimum absolute atomic E-state index is 0.0228. The molecule has 0 atom stereocenters. The Bertz CT molecular complexity index is 587. The molecule has 0 amide bonds. The smallest absolute Gasteiger partial charge is 0.150 e. The summed E-state index contributed by atoms with van der Waals surface area (Å²) < 4.78 is 1.90. The molecule has 0 aliphatic heterocycles. The standard InChI is InChI=1S/C13H18N6/c1-3-11-17-12(4-2)19(18-11)8-9-5-6-16-10(7-9)13(14)15/h5-7H,3-4,8H2,1-2H3,(H3,14,15). The van der Waals surface area contributed by atoms with Gasteiger partial charge in [0.1, 0.15) is 17.4 Å². The van der Waals surface area contributed by atoms with Gasteiger partial charge in [0.25, 0.3) is 0 Å². The van der Waals surface area contributed by atoms with Crippen molar-refractivity contribution in [3.05, 3.63) is 41.2 Å². The predicted molar refractivity (Wildman–Crippen MR) is 73.1 cm³/mol. The molecule has 0 radical (unpaired) electrons. The first-order valence-corrected chi connectivity index (χ1v) is 6.36. The fourth-order valence-corrected chi connectivity index (χ4v) is 1.86. The van der Waals surface area contributed by atoms with Crippen molar-refractivity contribution in [1.29, 1.82) is 5.41 Å². The van der Waals surface area contributed by atoms with E-state index in [-0.39, 0.29) is 5.84 Å². The average molecular weight is 258 g/mol. The third-order valence-electron chi connectivity index (χ3n) is 2.86. The lowest BCUT2D eigenvalue weighted by atomic mass is 10.2. The Hall–Kier alpha value is -2.24. The monoisotopic (exact) mass is 258 g/mol. The van der Waals surface area contributed by atoms with E-state index in [4.69, 9.17) is 11.1 Å². The van der Waals surface area contributed by atoms with E-state index in [1.165, 1.54) is 0 Å². The molecular formula is C13H18N6. The van der Waals surface area contributed by atoms with Crippen molar-refractivity contribution in [2.75, 3.05) is 0 Å². The zero-order valence-electron chi connectivity index (χ0n) is 11.2. The lowest BCUT2D eigenvalue weighted by Gasteiger charge is -2.06. The number of nitrogen functional groups attached to an aromatic ring is 1. The van der Waals surface area contributed by atoms with Crippen LogP contribution in [0, 0.1) is 5.41 Å². The zero-order valence-corrected chi connectivity index (χ0v) is 11.2. The predicted octanol–water partition coefficient (Wildman–Crippen LogP) is 1.13. The summed E-state index contributed by atoms with van der Waals surface area (Å²) in [6.07, 6.45) is 3.34. The summed E-state index contributed by atoms with van der Waals surface area (Å²) >= 11 is 0. The molecule has 0 aliphatic rings. The van der Waals surface area contributed by atoms with E-state index in [0.717, 1.165) is 30.1 Å². The van der Waals surface area contributed by atoms with Crippen LogP contribution >= 0.6 is 0 Å². The highest BCUT2D eigenvalue weighted by atomic mass is 15.3. The molecule has 0 bridgehead atoms. The molecule has 0 aliphatic carbocycles. The molecule has 2 heterocycles. The Balaban J connectivity index is 2.27. The van der Waals surface area contributed by atoms with Crippen LogP contribution in [0.5, 0.6) is 0 Å². The van der Waals surface area contributed by atoms with E-state index >= 15 is 0 Å². The number of rotatable bonds is 5. The van der Waals surface area contributed by atoms with Crippen LogP contribution in [0.15, 0.2) is 18.3 Å². The fraction of sp³-hybridized carbons (Fsp3) is 0.385. The highest BCUT2D eigenvalue weighted by molar-refractivity contribution is 5.93. The second-order valence-electron chi connectivity index (χ2n) is 4.27. The Labute approximate surface area is 112 Å². The molecule has 6 heteroatoms. The van der Waals surface area contributed by atoms with Crippen molar-refractivity contribution in [2.45, 2.75) is 33.2 Å². The number of nitrogens with two attached hydrogens (primary N) is 1. The summed E-state index contributed by atoms with van der Waals surface area (Å²) in [5.41, 5.74) is 6.95. The first kappa shape index (κ1) is 13.2. The maximum Gasteiger partial charge on any atom is 0.150 e. The average Bonchev–Trinajstić information content (AvgIpc) is 2.81. The number of aromatic nitrogens is 4. The van der Waals surface area contributed by atoms with Crippen LogP contribution in [0.4, 0.5) is 0 Å². The van der Waals surface area contributed by atoms with Crippen molar-refractivity contribution in [3.8, 4) is 0 Å². The van der Waals surface area contributed by atoms with E-state index in [2.05, 4.69) is 22.0 Å². The summed E-state index contributed by atoms with van der Waals surface area (Å²) in [5, 5.41) is 11.9. The first-order valence-electron chi connectivity index (χ1n) is 6.36. The number of aryl methyl sites for hydroxylation is 2. The highest BCUT2D eigenvalue weighted by Gasteiger charge is 2.08. The summed E-state index contributed by atoms with van der Waals surface area (Å²) in [6, 6.07) is 3.72. The Morgan fingerprint density at radius 1 is 1.37 bits per heavy atom. The summed E-state index contributed by atoms with van der Waals surface area (Å²) in [7, 11) is 0. The molecular weight excluding hydrogens is 240 g/mol. The van der Waals surface area contributed by atoms with Gasteiger partial charge in [-0.3, -0.25) is 10.4 Å². The number of pyridine rings is 1. The van der Waals surface area contributed by atoms with E-state index in [1.54, 1.807) is 6.20 Å². The van der Waals surface area contributed by atoms with E-state index < -0.39 is 0 Å². The maximum absolute atomic E-state index is 7.40. The SMILES string of the molecule is CCc1nc(CC)n(Cc2ccnc(C(=N)N)c2)n1. The molecule has 0 fully saturated rings. The van der Waals surface area contributed by atoms with Crippen molar-refractivity contribution >= 4 is 5.84 Å². The van der Waals surface area contributed by atoms with Gasteiger partial charge in [0, 0.05) is 19.0 Å². The fourth-order valence-electron chi connectivity index (χ4n) is 1.86.